The number of hydrogen-bond acceptors (Lipinski definition) is 5. The van der Waals surface area contributed by atoms with Crippen molar-refractivity contribution in [3.8, 4) is 0 Å². The molecule has 1 heterocycles. The van der Waals surface area contributed by atoms with Crippen LogP contribution in [-0.2, 0) is 18.9 Å². The number of amides is 1. The minimum absolute atomic E-state index is 0.128. The number of anilines is 2. The molecule has 2 aromatic rings. The lowest BCUT2D eigenvalue weighted by molar-refractivity contribution is -0.115. The van der Waals surface area contributed by atoms with Crippen molar-refractivity contribution in [1.82, 2.24) is 9.13 Å². The standard InChI is InChI=1S/C18H23N5O3/c1-10(2)11-5-7-12(8-6-11)21-14(24)9-13(19)15-16(20)22(3)18(26)23(4)17(15)25/h5-8,10,19H,9,20H2,1-4H3,(H,21,24). The Labute approximate surface area is 150 Å². The molecule has 26 heavy (non-hydrogen) atoms. The summed E-state index contributed by atoms with van der Waals surface area (Å²) in [5, 5.41) is 10.8. The normalized spacial score (nSPS) is 10.8. The Bertz CT molecular complexity index is 968. The monoisotopic (exact) mass is 357 g/mol. The molecule has 0 saturated heterocycles. The largest absolute Gasteiger partial charge is 0.384 e. The second-order valence-electron chi connectivity index (χ2n) is 6.45. The zero-order valence-corrected chi connectivity index (χ0v) is 15.3. The van der Waals surface area contributed by atoms with Gasteiger partial charge in [-0.2, -0.15) is 0 Å². The maximum atomic E-state index is 12.2. The van der Waals surface area contributed by atoms with Crippen LogP contribution < -0.4 is 22.3 Å². The Kier molecular flexibility index (Phi) is 5.44. The molecule has 2 rings (SSSR count). The number of nitrogens with one attached hydrogen (secondary N) is 2. The van der Waals surface area contributed by atoms with E-state index in [-0.39, 0.29) is 23.5 Å². The maximum absolute atomic E-state index is 12.2. The molecule has 0 aliphatic rings. The maximum Gasteiger partial charge on any atom is 0.332 e. The van der Waals surface area contributed by atoms with Gasteiger partial charge in [-0.15, -0.1) is 0 Å². The van der Waals surface area contributed by atoms with Crippen molar-refractivity contribution >= 4 is 23.1 Å². The summed E-state index contributed by atoms with van der Waals surface area (Å²) >= 11 is 0. The van der Waals surface area contributed by atoms with Crippen LogP contribution in [0.5, 0.6) is 0 Å². The predicted molar refractivity (Wildman–Crippen MR) is 102 cm³/mol. The van der Waals surface area contributed by atoms with E-state index in [1.807, 2.05) is 12.1 Å². The van der Waals surface area contributed by atoms with Crippen LogP contribution in [0.15, 0.2) is 33.9 Å². The summed E-state index contributed by atoms with van der Waals surface area (Å²) in [7, 11) is 2.71. The zero-order valence-electron chi connectivity index (χ0n) is 15.3. The number of nitrogens with zero attached hydrogens (tertiary/aromatic N) is 2. The number of benzene rings is 1. The van der Waals surface area contributed by atoms with Gasteiger partial charge in [0.2, 0.25) is 5.91 Å². The smallest absolute Gasteiger partial charge is 0.332 e. The lowest BCUT2D eigenvalue weighted by atomic mass is 10.0. The van der Waals surface area contributed by atoms with Gasteiger partial charge in [-0.3, -0.25) is 18.7 Å². The minimum Gasteiger partial charge on any atom is -0.384 e. The number of nitrogens with two attached hydrogens (primary N) is 1. The molecule has 0 aliphatic carbocycles. The molecule has 8 nitrogen and oxygen atoms in total. The van der Waals surface area contributed by atoms with E-state index >= 15 is 0 Å². The highest BCUT2D eigenvalue weighted by atomic mass is 16.2. The van der Waals surface area contributed by atoms with Crippen LogP contribution >= 0.6 is 0 Å². The van der Waals surface area contributed by atoms with E-state index in [4.69, 9.17) is 11.1 Å². The van der Waals surface area contributed by atoms with Gasteiger partial charge >= 0.3 is 5.69 Å². The van der Waals surface area contributed by atoms with Crippen LogP contribution in [0.25, 0.3) is 0 Å². The fourth-order valence-corrected chi connectivity index (χ4v) is 2.55. The van der Waals surface area contributed by atoms with E-state index < -0.39 is 17.2 Å². The lowest BCUT2D eigenvalue weighted by Gasteiger charge is -2.12. The molecule has 0 radical (unpaired) electrons. The van der Waals surface area contributed by atoms with Gasteiger partial charge in [0.25, 0.3) is 5.56 Å². The van der Waals surface area contributed by atoms with Crippen molar-refractivity contribution in [2.75, 3.05) is 11.1 Å². The first-order valence-electron chi connectivity index (χ1n) is 8.16. The molecular formula is C18H23N5O3. The van der Waals surface area contributed by atoms with Crippen molar-refractivity contribution in [2.24, 2.45) is 14.1 Å². The Morgan fingerprint density at radius 1 is 1.15 bits per heavy atom. The van der Waals surface area contributed by atoms with Gasteiger partial charge in [0.15, 0.2) is 0 Å². The fourth-order valence-electron chi connectivity index (χ4n) is 2.55. The first-order valence-corrected chi connectivity index (χ1v) is 8.16. The SMILES string of the molecule is CC(C)c1ccc(NC(=O)CC(=N)c2c(N)n(C)c(=O)n(C)c2=O)cc1. The van der Waals surface area contributed by atoms with E-state index in [9.17, 15) is 14.4 Å². The third kappa shape index (κ3) is 3.74. The molecule has 0 unspecified atom stereocenters. The van der Waals surface area contributed by atoms with Crippen molar-refractivity contribution in [3.05, 3.63) is 56.2 Å². The number of aromatic nitrogens is 2. The summed E-state index contributed by atoms with van der Waals surface area (Å²) in [6.07, 6.45) is -0.330. The summed E-state index contributed by atoms with van der Waals surface area (Å²) in [6.45, 7) is 4.15. The third-order valence-electron chi connectivity index (χ3n) is 4.21. The molecule has 4 N–H and O–H groups in total. The topological polar surface area (TPSA) is 123 Å². The summed E-state index contributed by atoms with van der Waals surface area (Å²) in [5.41, 5.74) is 5.91. The fraction of sp³-hybridized carbons (Fsp3) is 0.333. The Morgan fingerprint density at radius 3 is 2.27 bits per heavy atom. The summed E-state index contributed by atoms with van der Waals surface area (Å²) in [4.78, 5) is 36.3. The van der Waals surface area contributed by atoms with Crippen molar-refractivity contribution in [3.63, 3.8) is 0 Å². The number of hydrogen-bond donors (Lipinski definition) is 3. The summed E-state index contributed by atoms with van der Waals surface area (Å²) in [6, 6.07) is 7.42. The van der Waals surface area contributed by atoms with E-state index in [0.717, 1.165) is 14.7 Å². The molecule has 0 spiro atoms. The summed E-state index contributed by atoms with van der Waals surface area (Å²) < 4.78 is 1.94. The predicted octanol–water partition coefficient (Wildman–Crippen LogP) is 1.19. The van der Waals surface area contributed by atoms with Gasteiger partial charge < -0.3 is 16.5 Å². The average molecular weight is 357 g/mol. The van der Waals surface area contributed by atoms with Crippen LogP contribution in [0.2, 0.25) is 0 Å². The Hall–Kier alpha value is -3.16. The molecule has 0 bridgehead atoms. The second kappa shape index (κ2) is 7.38. The highest BCUT2D eigenvalue weighted by Crippen LogP contribution is 2.17. The lowest BCUT2D eigenvalue weighted by Crippen LogP contribution is -2.42. The number of nitrogen functional groups attached to an aromatic ring is 1. The second-order valence-corrected chi connectivity index (χ2v) is 6.45. The number of rotatable bonds is 5. The van der Waals surface area contributed by atoms with Crippen molar-refractivity contribution in [1.29, 1.82) is 5.41 Å². The molecule has 1 aromatic carbocycles. The Morgan fingerprint density at radius 2 is 1.73 bits per heavy atom. The zero-order chi connectivity index (χ0) is 19.6. The van der Waals surface area contributed by atoms with Crippen molar-refractivity contribution in [2.45, 2.75) is 26.2 Å². The molecule has 0 atom stereocenters. The average Bonchev–Trinajstić information content (AvgIpc) is 2.58. The summed E-state index contributed by atoms with van der Waals surface area (Å²) in [5.74, 6) is -0.184. The van der Waals surface area contributed by atoms with Crippen LogP contribution in [0.1, 0.15) is 37.3 Å². The molecule has 0 saturated carbocycles. The first kappa shape index (κ1) is 19.2. The molecule has 138 valence electrons. The third-order valence-corrected chi connectivity index (χ3v) is 4.21. The van der Waals surface area contributed by atoms with Crippen LogP contribution in [0.3, 0.4) is 0 Å². The Balaban J connectivity index is 2.19. The van der Waals surface area contributed by atoms with Crippen LogP contribution in [0, 0.1) is 5.41 Å². The van der Waals surface area contributed by atoms with Crippen LogP contribution in [-0.4, -0.2) is 20.8 Å². The molecular weight excluding hydrogens is 334 g/mol. The molecule has 0 aliphatic heterocycles. The van der Waals surface area contributed by atoms with Gasteiger partial charge in [-0.1, -0.05) is 26.0 Å². The molecule has 8 heteroatoms. The highest BCUT2D eigenvalue weighted by Gasteiger charge is 2.19. The van der Waals surface area contributed by atoms with Gasteiger partial charge in [0.1, 0.15) is 11.4 Å². The highest BCUT2D eigenvalue weighted by molar-refractivity contribution is 6.13. The van der Waals surface area contributed by atoms with Crippen molar-refractivity contribution < 1.29 is 4.79 Å². The van der Waals surface area contributed by atoms with E-state index in [2.05, 4.69) is 19.2 Å². The van der Waals surface area contributed by atoms with Gasteiger partial charge in [-0.05, 0) is 23.6 Å². The van der Waals surface area contributed by atoms with E-state index in [1.54, 1.807) is 12.1 Å². The number of carbonyl (C=O) groups is 1. The molecule has 1 amide bonds. The quantitative estimate of drug-likeness (QED) is 0.695. The number of carbonyl (C=O) groups excluding carboxylic acids is 1. The molecule has 0 fully saturated rings. The van der Waals surface area contributed by atoms with Gasteiger partial charge in [0, 0.05) is 19.8 Å². The van der Waals surface area contributed by atoms with Crippen LogP contribution in [0.4, 0.5) is 11.5 Å². The van der Waals surface area contributed by atoms with Gasteiger partial charge in [-0.25, -0.2) is 4.79 Å². The first-order chi connectivity index (χ1) is 12.1. The van der Waals surface area contributed by atoms with Gasteiger partial charge in [0.05, 0.1) is 12.1 Å². The van der Waals surface area contributed by atoms with E-state index in [0.29, 0.717) is 11.6 Å². The minimum atomic E-state index is -0.690. The molecule has 1 aromatic heterocycles. The van der Waals surface area contributed by atoms with E-state index in [1.165, 1.54) is 14.1 Å².